The third-order valence-corrected chi connectivity index (χ3v) is 1.45. The van der Waals surface area contributed by atoms with Crippen LogP contribution in [0.5, 0.6) is 5.75 Å². The molecule has 0 unspecified atom stereocenters. The number of carbonyl (C=O) groups excluding carboxylic acids is 1. The van der Waals surface area contributed by atoms with E-state index in [2.05, 4.69) is 4.84 Å². The van der Waals surface area contributed by atoms with Gasteiger partial charge >= 0.3 is 5.97 Å². The van der Waals surface area contributed by atoms with Gasteiger partial charge in [-0.15, -0.1) is 0 Å². The van der Waals surface area contributed by atoms with Gasteiger partial charge in [-0.3, -0.25) is 9.63 Å². The van der Waals surface area contributed by atoms with Crippen LogP contribution in [-0.4, -0.2) is 5.97 Å². The van der Waals surface area contributed by atoms with Gasteiger partial charge in [0.1, 0.15) is 0 Å². The van der Waals surface area contributed by atoms with Crippen LogP contribution in [0.2, 0.25) is 0 Å². The van der Waals surface area contributed by atoms with Gasteiger partial charge in [0, 0.05) is 18.7 Å². The van der Waals surface area contributed by atoms with E-state index in [0.717, 1.165) is 0 Å². The summed E-state index contributed by atoms with van der Waals surface area (Å²) in [6.45, 7) is 1.34. The number of hydrogen-bond acceptors (Lipinski definition) is 3. The third kappa shape index (κ3) is 2.13. The zero-order valence-corrected chi connectivity index (χ0v) is 7.26. The minimum atomic E-state index is -0.366. The zero-order valence-electron chi connectivity index (χ0n) is 6.50. The quantitative estimate of drug-likeness (QED) is 0.436. The van der Waals surface area contributed by atoms with Crippen molar-refractivity contribution in [2.24, 2.45) is 0 Å². The van der Waals surface area contributed by atoms with E-state index in [4.69, 9.17) is 16.5 Å². The number of para-hydroxylation sites is 2. The van der Waals surface area contributed by atoms with E-state index in [0.29, 0.717) is 11.4 Å². The van der Waals surface area contributed by atoms with Crippen LogP contribution in [0.15, 0.2) is 24.3 Å². The molecule has 64 valence electrons. The lowest BCUT2D eigenvalue weighted by Crippen LogP contribution is -2.02. The normalized spacial score (nSPS) is 9.17. The van der Waals surface area contributed by atoms with Crippen molar-refractivity contribution in [3.63, 3.8) is 0 Å². The maximum atomic E-state index is 10.6. The lowest BCUT2D eigenvalue weighted by atomic mass is 10.3. The lowest BCUT2D eigenvalue weighted by Gasteiger charge is -2.05. The van der Waals surface area contributed by atoms with Gasteiger partial charge in [0.25, 0.3) is 0 Å². The fourth-order valence-corrected chi connectivity index (χ4v) is 0.945. The zero-order chi connectivity index (χ0) is 8.97. The van der Waals surface area contributed by atoms with Gasteiger partial charge in [0.15, 0.2) is 5.75 Å². The monoisotopic (exact) mass is 185 g/mol. The summed E-state index contributed by atoms with van der Waals surface area (Å²) in [5, 5.41) is 0. The molecule has 0 radical (unpaired) electrons. The van der Waals surface area contributed by atoms with E-state index in [-0.39, 0.29) is 5.97 Å². The highest BCUT2D eigenvalue weighted by molar-refractivity contribution is 6.24. The molecule has 1 rings (SSSR count). The first-order chi connectivity index (χ1) is 5.74. The fourth-order valence-electron chi connectivity index (χ4n) is 0.789. The van der Waals surface area contributed by atoms with Crippen LogP contribution in [0.1, 0.15) is 6.92 Å². The Morgan fingerprint density at radius 1 is 1.50 bits per heavy atom. The molecule has 0 bridgehead atoms. The molecule has 0 heterocycles. The summed E-state index contributed by atoms with van der Waals surface area (Å²) in [7, 11) is 0. The first-order valence-electron chi connectivity index (χ1n) is 3.38. The predicted molar refractivity (Wildman–Crippen MR) is 47.2 cm³/mol. The molecule has 1 aromatic rings. The Labute approximate surface area is 75.4 Å². The molecule has 0 fully saturated rings. The summed E-state index contributed by atoms with van der Waals surface area (Å²) in [6, 6.07) is 6.92. The van der Waals surface area contributed by atoms with Crippen molar-refractivity contribution in [3.05, 3.63) is 24.3 Å². The summed E-state index contributed by atoms with van der Waals surface area (Å²) in [5.74, 6) is 0.0642. The van der Waals surface area contributed by atoms with Gasteiger partial charge in [0.05, 0.1) is 5.69 Å². The first kappa shape index (κ1) is 8.87. The van der Waals surface area contributed by atoms with Crippen molar-refractivity contribution >= 4 is 23.4 Å². The van der Waals surface area contributed by atoms with Crippen LogP contribution in [0.4, 0.5) is 5.69 Å². The Bertz CT molecular complexity index is 288. The van der Waals surface area contributed by atoms with Crippen molar-refractivity contribution in [1.29, 1.82) is 0 Å². The lowest BCUT2D eigenvalue weighted by molar-refractivity contribution is -0.131. The summed E-state index contributed by atoms with van der Waals surface area (Å²) in [6.07, 6.45) is 0. The van der Waals surface area contributed by atoms with Crippen LogP contribution >= 0.6 is 11.8 Å². The van der Waals surface area contributed by atoms with E-state index in [1.807, 2.05) is 0 Å². The van der Waals surface area contributed by atoms with Crippen LogP contribution in [-0.2, 0) is 4.79 Å². The molecule has 0 saturated heterocycles. The van der Waals surface area contributed by atoms with Crippen molar-refractivity contribution in [3.8, 4) is 5.75 Å². The second kappa shape index (κ2) is 3.97. The maximum Gasteiger partial charge on any atom is 0.308 e. The Hall–Kier alpha value is -1.22. The second-order valence-corrected chi connectivity index (χ2v) is 2.37. The number of esters is 1. The number of hydrogen-bond donors (Lipinski definition) is 1. The molecular weight excluding hydrogens is 178 g/mol. The molecular formula is C8H8ClNO2. The highest BCUT2D eigenvalue weighted by atomic mass is 35.5. The standard InChI is InChI=1S/C8H8ClNO2/c1-6(11)12-8-5-3-2-4-7(8)10-9/h2-5,10H,1H3. The van der Waals surface area contributed by atoms with Crippen LogP contribution in [0.25, 0.3) is 0 Å². The van der Waals surface area contributed by atoms with Gasteiger partial charge in [-0.1, -0.05) is 12.1 Å². The molecule has 0 amide bonds. The largest absolute Gasteiger partial charge is 0.424 e. The minimum absolute atomic E-state index is 0.366. The number of anilines is 1. The summed E-state index contributed by atoms with van der Waals surface area (Å²) >= 11 is 5.37. The highest BCUT2D eigenvalue weighted by Crippen LogP contribution is 2.24. The molecule has 12 heavy (non-hydrogen) atoms. The summed E-state index contributed by atoms with van der Waals surface area (Å²) in [5.41, 5.74) is 0.578. The van der Waals surface area contributed by atoms with Gasteiger partial charge in [0.2, 0.25) is 0 Å². The van der Waals surface area contributed by atoms with Crippen LogP contribution in [0, 0.1) is 0 Å². The average molecular weight is 186 g/mol. The number of halogens is 1. The molecule has 0 spiro atoms. The molecule has 4 heteroatoms. The number of nitrogens with one attached hydrogen (secondary N) is 1. The second-order valence-electron chi connectivity index (χ2n) is 2.18. The number of ether oxygens (including phenoxy) is 1. The molecule has 0 aliphatic carbocycles. The number of carbonyl (C=O) groups is 1. The van der Waals surface area contributed by atoms with E-state index in [1.165, 1.54) is 6.92 Å². The molecule has 1 aromatic carbocycles. The number of rotatable bonds is 2. The highest BCUT2D eigenvalue weighted by Gasteiger charge is 2.02. The van der Waals surface area contributed by atoms with E-state index in [1.54, 1.807) is 24.3 Å². The van der Waals surface area contributed by atoms with E-state index >= 15 is 0 Å². The summed E-state index contributed by atoms with van der Waals surface area (Å²) in [4.78, 5) is 13.0. The molecule has 0 atom stereocenters. The minimum Gasteiger partial charge on any atom is -0.424 e. The molecule has 0 saturated carbocycles. The van der Waals surface area contributed by atoms with Crippen molar-refractivity contribution in [1.82, 2.24) is 0 Å². The van der Waals surface area contributed by atoms with Crippen molar-refractivity contribution < 1.29 is 9.53 Å². The molecule has 1 N–H and O–H groups in total. The Morgan fingerprint density at radius 2 is 2.17 bits per heavy atom. The Balaban J connectivity index is 2.89. The van der Waals surface area contributed by atoms with Gasteiger partial charge < -0.3 is 4.74 Å². The van der Waals surface area contributed by atoms with Gasteiger partial charge in [-0.25, -0.2) is 0 Å². The van der Waals surface area contributed by atoms with E-state index < -0.39 is 0 Å². The van der Waals surface area contributed by atoms with Crippen LogP contribution in [0.3, 0.4) is 0 Å². The molecule has 3 nitrogen and oxygen atoms in total. The Morgan fingerprint density at radius 3 is 2.75 bits per heavy atom. The molecule has 0 aliphatic heterocycles. The Kier molecular flexibility index (Phi) is 2.94. The first-order valence-corrected chi connectivity index (χ1v) is 3.76. The van der Waals surface area contributed by atoms with Crippen LogP contribution < -0.4 is 9.57 Å². The SMILES string of the molecule is CC(=O)Oc1ccccc1NCl. The third-order valence-electron chi connectivity index (χ3n) is 1.24. The van der Waals surface area contributed by atoms with Crippen molar-refractivity contribution in [2.45, 2.75) is 6.92 Å². The number of benzene rings is 1. The van der Waals surface area contributed by atoms with E-state index in [9.17, 15) is 4.79 Å². The van der Waals surface area contributed by atoms with Gasteiger partial charge in [-0.05, 0) is 12.1 Å². The topological polar surface area (TPSA) is 38.3 Å². The predicted octanol–water partition coefficient (Wildman–Crippen LogP) is 2.18. The molecule has 0 aromatic heterocycles. The average Bonchev–Trinajstić information content (AvgIpc) is 2.04. The maximum absolute atomic E-state index is 10.6. The van der Waals surface area contributed by atoms with Crippen molar-refractivity contribution in [2.75, 3.05) is 4.84 Å². The summed E-state index contributed by atoms with van der Waals surface area (Å²) < 4.78 is 4.85. The smallest absolute Gasteiger partial charge is 0.308 e. The molecule has 0 aliphatic rings. The van der Waals surface area contributed by atoms with Gasteiger partial charge in [-0.2, -0.15) is 0 Å². The fraction of sp³-hybridized carbons (Fsp3) is 0.125.